The molecule has 0 aliphatic rings. The quantitative estimate of drug-likeness (QED) is 0.750. The van der Waals surface area contributed by atoms with Gasteiger partial charge in [-0.2, -0.15) is 18.2 Å². The van der Waals surface area contributed by atoms with E-state index in [0.717, 1.165) is 17.5 Å². The minimum atomic E-state index is -4.62. The molecule has 2 aromatic heterocycles. The van der Waals surface area contributed by atoms with Gasteiger partial charge in [0.15, 0.2) is 0 Å². The van der Waals surface area contributed by atoms with Gasteiger partial charge >= 0.3 is 6.18 Å². The molecule has 0 unspecified atom stereocenters. The van der Waals surface area contributed by atoms with Gasteiger partial charge in [-0.05, 0) is 52.9 Å². The Morgan fingerprint density at radius 3 is 2.54 bits per heavy atom. The summed E-state index contributed by atoms with van der Waals surface area (Å²) < 4.78 is 39.4. The van der Waals surface area contributed by atoms with E-state index in [9.17, 15) is 18.0 Å². The van der Waals surface area contributed by atoms with Crippen LogP contribution in [0.15, 0.2) is 0 Å². The predicted octanol–water partition coefficient (Wildman–Crippen LogP) is 1.76. The van der Waals surface area contributed by atoms with Crippen molar-refractivity contribution in [2.45, 2.75) is 39.3 Å². The normalized spacial score (nSPS) is 12.2. The van der Waals surface area contributed by atoms with E-state index in [1.807, 2.05) is 19.0 Å². The maximum absolute atomic E-state index is 12.8. The number of alkyl halides is 3. The standard InChI is InChI=1S/C16H23F3N6O/c1-10-12(6-7-13(26)20-8-5-9-24(3)4)11(2)25-15(21-10)22-14(23-25)16(17,18)19/h5-9H2,1-4H3,(H,20,26). The van der Waals surface area contributed by atoms with Crippen LogP contribution in [0, 0.1) is 13.8 Å². The monoisotopic (exact) mass is 372 g/mol. The van der Waals surface area contributed by atoms with Crippen molar-refractivity contribution in [2.24, 2.45) is 0 Å². The molecule has 26 heavy (non-hydrogen) atoms. The molecule has 10 heteroatoms. The Labute approximate surface area is 149 Å². The second-order valence-electron chi connectivity index (χ2n) is 6.41. The minimum Gasteiger partial charge on any atom is -0.356 e. The Hall–Kier alpha value is -2.23. The molecule has 0 bridgehead atoms. The van der Waals surface area contributed by atoms with Crippen molar-refractivity contribution in [3.05, 3.63) is 22.8 Å². The van der Waals surface area contributed by atoms with E-state index < -0.39 is 12.0 Å². The van der Waals surface area contributed by atoms with Crippen LogP contribution >= 0.6 is 0 Å². The molecule has 0 saturated carbocycles. The molecule has 1 amide bonds. The maximum Gasteiger partial charge on any atom is 0.453 e. The summed E-state index contributed by atoms with van der Waals surface area (Å²) >= 11 is 0. The molecule has 0 spiro atoms. The first-order chi connectivity index (χ1) is 12.1. The number of nitrogens with one attached hydrogen (secondary N) is 1. The lowest BCUT2D eigenvalue weighted by Gasteiger charge is -2.11. The number of carbonyl (C=O) groups is 1. The van der Waals surface area contributed by atoms with Gasteiger partial charge in [0.2, 0.25) is 5.91 Å². The molecule has 0 aliphatic heterocycles. The van der Waals surface area contributed by atoms with Crippen molar-refractivity contribution in [1.82, 2.24) is 29.8 Å². The summed E-state index contributed by atoms with van der Waals surface area (Å²) in [4.78, 5) is 21.5. The summed E-state index contributed by atoms with van der Waals surface area (Å²) in [6.45, 7) is 4.82. The lowest BCUT2D eigenvalue weighted by atomic mass is 10.1. The summed E-state index contributed by atoms with van der Waals surface area (Å²) in [5.41, 5.74) is 1.77. The van der Waals surface area contributed by atoms with Gasteiger partial charge in [0, 0.05) is 24.4 Å². The van der Waals surface area contributed by atoms with Crippen LogP contribution in [0.2, 0.25) is 0 Å². The summed E-state index contributed by atoms with van der Waals surface area (Å²) in [5.74, 6) is -1.41. The first-order valence-electron chi connectivity index (χ1n) is 8.31. The summed E-state index contributed by atoms with van der Waals surface area (Å²) in [6, 6.07) is 0. The molecule has 0 aromatic carbocycles. The van der Waals surface area contributed by atoms with Crippen LogP contribution < -0.4 is 5.32 Å². The SMILES string of the molecule is Cc1nc2nc(C(F)(F)F)nn2c(C)c1CCC(=O)NCCCN(C)C. The van der Waals surface area contributed by atoms with Crippen LogP contribution in [0.3, 0.4) is 0 Å². The fraction of sp³-hybridized carbons (Fsp3) is 0.625. The van der Waals surface area contributed by atoms with E-state index in [-0.39, 0.29) is 18.1 Å². The molecule has 0 radical (unpaired) electrons. The number of hydrogen-bond donors (Lipinski definition) is 1. The number of aryl methyl sites for hydroxylation is 2. The zero-order valence-corrected chi connectivity index (χ0v) is 15.3. The lowest BCUT2D eigenvalue weighted by molar-refractivity contribution is -0.144. The van der Waals surface area contributed by atoms with Gasteiger partial charge in [-0.3, -0.25) is 4.79 Å². The third-order valence-corrected chi connectivity index (χ3v) is 4.01. The number of amides is 1. The molecular formula is C16H23F3N6O. The first kappa shape index (κ1) is 20.1. The van der Waals surface area contributed by atoms with Crippen LogP contribution in [0.25, 0.3) is 5.78 Å². The predicted molar refractivity (Wildman–Crippen MR) is 89.8 cm³/mol. The Balaban J connectivity index is 2.06. The topological polar surface area (TPSA) is 75.4 Å². The van der Waals surface area contributed by atoms with Crippen molar-refractivity contribution in [3.8, 4) is 0 Å². The van der Waals surface area contributed by atoms with Crippen molar-refractivity contribution in [3.63, 3.8) is 0 Å². The molecule has 144 valence electrons. The van der Waals surface area contributed by atoms with Crippen molar-refractivity contribution >= 4 is 11.7 Å². The molecular weight excluding hydrogens is 349 g/mol. The van der Waals surface area contributed by atoms with Crippen LogP contribution in [-0.2, 0) is 17.4 Å². The largest absolute Gasteiger partial charge is 0.453 e. The number of hydrogen-bond acceptors (Lipinski definition) is 5. The molecule has 2 aromatic rings. The Bertz CT molecular complexity index is 784. The molecule has 2 heterocycles. The number of rotatable bonds is 7. The number of nitrogens with zero attached hydrogens (tertiary/aromatic N) is 5. The summed E-state index contributed by atoms with van der Waals surface area (Å²) in [5, 5.41) is 6.34. The number of fused-ring (bicyclic) bond motifs is 1. The van der Waals surface area contributed by atoms with E-state index in [0.29, 0.717) is 29.9 Å². The van der Waals surface area contributed by atoms with Gasteiger partial charge in [0.1, 0.15) is 0 Å². The Kier molecular flexibility index (Phi) is 6.17. The molecule has 0 fully saturated rings. The van der Waals surface area contributed by atoms with Crippen LogP contribution in [0.5, 0.6) is 0 Å². The Morgan fingerprint density at radius 2 is 1.92 bits per heavy atom. The van der Waals surface area contributed by atoms with Crippen molar-refractivity contribution in [1.29, 1.82) is 0 Å². The smallest absolute Gasteiger partial charge is 0.356 e. The molecule has 0 saturated heterocycles. The highest BCUT2D eigenvalue weighted by Crippen LogP contribution is 2.27. The van der Waals surface area contributed by atoms with E-state index in [1.165, 1.54) is 0 Å². The van der Waals surface area contributed by atoms with Gasteiger partial charge in [0.05, 0.1) is 0 Å². The van der Waals surface area contributed by atoms with Crippen LogP contribution in [-0.4, -0.2) is 57.6 Å². The fourth-order valence-electron chi connectivity index (χ4n) is 2.64. The summed E-state index contributed by atoms with van der Waals surface area (Å²) in [7, 11) is 3.93. The maximum atomic E-state index is 12.8. The average molecular weight is 372 g/mol. The number of aromatic nitrogens is 4. The molecule has 0 atom stereocenters. The second-order valence-corrected chi connectivity index (χ2v) is 6.41. The van der Waals surface area contributed by atoms with E-state index in [4.69, 9.17) is 0 Å². The molecule has 2 rings (SSSR count). The highest BCUT2D eigenvalue weighted by atomic mass is 19.4. The van der Waals surface area contributed by atoms with Crippen LogP contribution in [0.1, 0.15) is 35.6 Å². The van der Waals surface area contributed by atoms with E-state index >= 15 is 0 Å². The Morgan fingerprint density at radius 1 is 1.23 bits per heavy atom. The molecule has 7 nitrogen and oxygen atoms in total. The van der Waals surface area contributed by atoms with Gasteiger partial charge < -0.3 is 10.2 Å². The number of halogens is 3. The van der Waals surface area contributed by atoms with E-state index in [1.54, 1.807) is 13.8 Å². The average Bonchev–Trinajstić information content (AvgIpc) is 2.95. The number of carbonyl (C=O) groups excluding carboxylic acids is 1. The van der Waals surface area contributed by atoms with Gasteiger partial charge in [0.25, 0.3) is 11.6 Å². The third-order valence-electron chi connectivity index (χ3n) is 4.01. The molecule has 1 N–H and O–H groups in total. The highest BCUT2D eigenvalue weighted by Gasteiger charge is 2.36. The first-order valence-corrected chi connectivity index (χ1v) is 8.31. The fourth-order valence-corrected chi connectivity index (χ4v) is 2.64. The summed E-state index contributed by atoms with van der Waals surface area (Å²) in [6.07, 6.45) is -3.16. The molecule has 0 aliphatic carbocycles. The van der Waals surface area contributed by atoms with E-state index in [2.05, 4.69) is 20.4 Å². The zero-order chi connectivity index (χ0) is 19.5. The lowest BCUT2D eigenvalue weighted by Crippen LogP contribution is -2.27. The van der Waals surface area contributed by atoms with Crippen LogP contribution in [0.4, 0.5) is 13.2 Å². The second kappa shape index (κ2) is 7.98. The van der Waals surface area contributed by atoms with Crippen molar-refractivity contribution < 1.29 is 18.0 Å². The van der Waals surface area contributed by atoms with Gasteiger partial charge in [-0.15, -0.1) is 5.10 Å². The minimum absolute atomic E-state index is 0.0933. The third kappa shape index (κ3) is 4.90. The highest BCUT2D eigenvalue weighted by molar-refractivity contribution is 5.76. The zero-order valence-electron chi connectivity index (χ0n) is 15.3. The van der Waals surface area contributed by atoms with Crippen molar-refractivity contribution in [2.75, 3.05) is 27.2 Å². The van der Waals surface area contributed by atoms with Gasteiger partial charge in [-0.1, -0.05) is 0 Å². The van der Waals surface area contributed by atoms with Gasteiger partial charge in [-0.25, -0.2) is 9.50 Å².